The maximum atomic E-state index is 9.11. The molecule has 1 atom stereocenters. The number of ether oxygens (including phenoxy) is 12. The van der Waals surface area contributed by atoms with E-state index >= 15 is 0 Å². The van der Waals surface area contributed by atoms with Crippen molar-refractivity contribution in [3.8, 4) is 0 Å². The zero-order chi connectivity index (χ0) is 31.2. The average Bonchev–Trinajstić information content (AvgIpc) is 3.02. The highest BCUT2D eigenvalue weighted by atomic mass is 16.6. The molecule has 0 spiro atoms. The Balaban J connectivity index is 3.04. The van der Waals surface area contributed by atoms with Crippen molar-refractivity contribution in [3.63, 3.8) is 0 Å². The summed E-state index contributed by atoms with van der Waals surface area (Å²) in [5.74, 6) is 0. The topological polar surface area (TPSA) is 163 Å². The summed E-state index contributed by atoms with van der Waals surface area (Å²) >= 11 is 0. The van der Waals surface area contributed by atoms with E-state index < -0.39 is 6.10 Å². The smallest absolute Gasteiger partial charge is 0.100 e. The molecule has 0 saturated carbocycles. The Hall–Kier alpha value is -0.600. The van der Waals surface area contributed by atoms with Crippen molar-refractivity contribution in [1.29, 1.82) is 0 Å². The molecule has 43 heavy (non-hydrogen) atoms. The molecule has 0 fully saturated rings. The van der Waals surface area contributed by atoms with Gasteiger partial charge in [0.1, 0.15) is 6.10 Å². The molecule has 260 valence electrons. The van der Waals surface area contributed by atoms with Gasteiger partial charge in [0, 0.05) is 6.54 Å². The lowest BCUT2D eigenvalue weighted by molar-refractivity contribution is -0.0326. The van der Waals surface area contributed by atoms with E-state index in [0.29, 0.717) is 152 Å². The predicted molar refractivity (Wildman–Crippen MR) is 157 cm³/mol. The Morgan fingerprint density at radius 3 is 0.791 bits per heavy atom. The van der Waals surface area contributed by atoms with Crippen LogP contribution in [0.25, 0.3) is 0 Å². The predicted octanol–water partition coefficient (Wildman–Crippen LogP) is -1.24. The Bertz CT molecular complexity index is 498. The van der Waals surface area contributed by atoms with Crippen molar-refractivity contribution in [3.05, 3.63) is 0 Å². The maximum absolute atomic E-state index is 9.11. The third-order valence-electron chi connectivity index (χ3n) is 5.11. The van der Waals surface area contributed by atoms with Crippen molar-refractivity contribution in [2.45, 2.75) is 6.10 Å². The molecule has 0 aliphatic carbocycles. The molecule has 15 nitrogen and oxygen atoms in total. The fourth-order valence-electron chi connectivity index (χ4n) is 2.87. The summed E-state index contributed by atoms with van der Waals surface area (Å²) in [5.41, 5.74) is 0. The number of hydrogen-bond donors (Lipinski definition) is 3. The summed E-state index contributed by atoms with van der Waals surface area (Å²) < 4.78 is 64.8. The second-order valence-corrected chi connectivity index (χ2v) is 8.75. The number of aliphatic hydroxyl groups is 2. The van der Waals surface area contributed by atoms with E-state index in [1.807, 2.05) is 7.05 Å². The van der Waals surface area contributed by atoms with Gasteiger partial charge in [-0.2, -0.15) is 0 Å². The quantitative estimate of drug-likeness (QED) is 0.0689. The van der Waals surface area contributed by atoms with Crippen molar-refractivity contribution in [2.24, 2.45) is 0 Å². The van der Waals surface area contributed by atoms with Gasteiger partial charge in [-0.05, 0) is 7.05 Å². The van der Waals surface area contributed by atoms with Crippen LogP contribution in [0.15, 0.2) is 0 Å². The highest BCUT2D eigenvalue weighted by molar-refractivity contribution is 4.48. The molecular weight excluding hydrogens is 574 g/mol. The summed E-state index contributed by atoms with van der Waals surface area (Å²) in [6.45, 7) is 12.3. The van der Waals surface area contributed by atoms with Gasteiger partial charge in [0.05, 0.1) is 165 Å². The van der Waals surface area contributed by atoms with Crippen molar-refractivity contribution >= 4 is 0 Å². The molecule has 0 aromatic carbocycles. The largest absolute Gasteiger partial charge is 0.394 e. The number of hydrogen-bond acceptors (Lipinski definition) is 15. The minimum Gasteiger partial charge on any atom is -0.394 e. The summed E-state index contributed by atoms with van der Waals surface area (Å²) in [6.07, 6.45) is -0.846. The van der Waals surface area contributed by atoms with E-state index in [2.05, 4.69) is 5.32 Å². The molecular formula is C28H59NO14. The molecule has 0 heterocycles. The number of likely N-dealkylation sites (N-methyl/N-ethyl adjacent to an activating group) is 1. The van der Waals surface area contributed by atoms with Crippen LogP contribution in [0.4, 0.5) is 0 Å². The molecule has 0 bridgehead atoms. The maximum Gasteiger partial charge on any atom is 0.100 e. The zero-order valence-electron chi connectivity index (χ0n) is 26.3. The van der Waals surface area contributed by atoms with Crippen LogP contribution in [0.2, 0.25) is 0 Å². The SMILES string of the molecule is CNCCOCCOCCOCCOCCOCCOCCOCCOCCOCCOCCOCCOCC(O)CO. The van der Waals surface area contributed by atoms with Crippen LogP contribution in [0, 0.1) is 0 Å². The lowest BCUT2D eigenvalue weighted by Crippen LogP contribution is -2.21. The fraction of sp³-hybridized carbons (Fsp3) is 1.00. The molecule has 0 aliphatic heterocycles. The van der Waals surface area contributed by atoms with Crippen molar-refractivity contribution in [1.82, 2.24) is 5.32 Å². The first-order valence-electron chi connectivity index (χ1n) is 15.2. The fourth-order valence-corrected chi connectivity index (χ4v) is 2.87. The van der Waals surface area contributed by atoms with Crippen LogP contribution in [0.3, 0.4) is 0 Å². The van der Waals surface area contributed by atoms with Gasteiger partial charge in [0.15, 0.2) is 0 Å². The van der Waals surface area contributed by atoms with Crippen LogP contribution in [-0.2, 0) is 56.8 Å². The molecule has 15 heteroatoms. The molecule has 0 radical (unpaired) electrons. The van der Waals surface area contributed by atoms with Gasteiger partial charge < -0.3 is 72.4 Å². The van der Waals surface area contributed by atoms with Crippen LogP contribution < -0.4 is 5.32 Å². The molecule has 0 aromatic rings. The zero-order valence-corrected chi connectivity index (χ0v) is 26.3. The highest BCUT2D eigenvalue weighted by Gasteiger charge is 2.01. The number of nitrogens with one attached hydrogen (secondary N) is 1. The molecule has 1 unspecified atom stereocenters. The molecule has 3 N–H and O–H groups in total. The summed E-state index contributed by atoms with van der Waals surface area (Å²) in [7, 11) is 1.89. The monoisotopic (exact) mass is 633 g/mol. The Kier molecular flexibility index (Phi) is 38.9. The van der Waals surface area contributed by atoms with Gasteiger partial charge in [-0.25, -0.2) is 0 Å². The lowest BCUT2D eigenvalue weighted by atomic mass is 10.4. The van der Waals surface area contributed by atoms with E-state index in [1.165, 1.54) is 0 Å². The van der Waals surface area contributed by atoms with Crippen molar-refractivity contribution in [2.75, 3.05) is 179 Å². The van der Waals surface area contributed by atoms with E-state index in [0.717, 1.165) is 6.54 Å². The van der Waals surface area contributed by atoms with Crippen LogP contribution in [0.5, 0.6) is 0 Å². The lowest BCUT2D eigenvalue weighted by Gasteiger charge is -2.09. The normalized spacial score (nSPS) is 12.3. The third kappa shape index (κ3) is 39.4. The van der Waals surface area contributed by atoms with Gasteiger partial charge in [0.2, 0.25) is 0 Å². The van der Waals surface area contributed by atoms with E-state index in [1.54, 1.807) is 0 Å². The Morgan fingerprint density at radius 2 is 0.581 bits per heavy atom. The van der Waals surface area contributed by atoms with Gasteiger partial charge in [-0.1, -0.05) is 0 Å². The van der Waals surface area contributed by atoms with Gasteiger partial charge in [0.25, 0.3) is 0 Å². The summed E-state index contributed by atoms with van der Waals surface area (Å²) in [6, 6.07) is 0. The third-order valence-corrected chi connectivity index (χ3v) is 5.11. The Morgan fingerprint density at radius 1 is 0.372 bits per heavy atom. The Labute approximate surface area is 257 Å². The van der Waals surface area contributed by atoms with Gasteiger partial charge in [-0.3, -0.25) is 0 Å². The summed E-state index contributed by atoms with van der Waals surface area (Å²) in [4.78, 5) is 0. The second-order valence-electron chi connectivity index (χ2n) is 8.75. The van der Waals surface area contributed by atoms with Gasteiger partial charge >= 0.3 is 0 Å². The van der Waals surface area contributed by atoms with Crippen LogP contribution in [0.1, 0.15) is 0 Å². The summed E-state index contributed by atoms with van der Waals surface area (Å²) in [5, 5.41) is 20.8. The minimum atomic E-state index is -0.846. The molecule has 0 rings (SSSR count). The average molecular weight is 634 g/mol. The van der Waals surface area contributed by atoms with Crippen LogP contribution in [-0.4, -0.2) is 195 Å². The van der Waals surface area contributed by atoms with E-state index in [-0.39, 0.29) is 13.2 Å². The first-order valence-corrected chi connectivity index (χ1v) is 15.2. The van der Waals surface area contributed by atoms with E-state index in [4.69, 9.17) is 67.1 Å². The number of rotatable bonds is 39. The molecule has 0 aliphatic rings. The minimum absolute atomic E-state index is 0.0968. The second kappa shape index (κ2) is 39.4. The van der Waals surface area contributed by atoms with Crippen LogP contribution >= 0.6 is 0 Å². The molecule has 0 saturated heterocycles. The first-order chi connectivity index (χ1) is 21.3. The first kappa shape index (κ1) is 42.4. The highest BCUT2D eigenvalue weighted by Crippen LogP contribution is 1.88. The van der Waals surface area contributed by atoms with E-state index in [9.17, 15) is 0 Å². The molecule has 0 aromatic heterocycles. The molecule has 0 amide bonds. The number of aliphatic hydroxyl groups excluding tert-OH is 2. The van der Waals surface area contributed by atoms with Gasteiger partial charge in [-0.15, -0.1) is 0 Å². The standard InChI is InChI=1S/C28H59NO14/c1-29-2-3-32-4-5-33-6-7-34-8-9-35-10-11-36-12-13-37-14-15-38-16-17-39-18-19-40-20-21-41-22-23-42-24-25-43-27-28(31)26-30/h28-31H,2-27H2,1H3. The van der Waals surface area contributed by atoms with Crippen molar-refractivity contribution < 1.29 is 67.1 Å².